The molecule has 0 spiro atoms. The van der Waals surface area contributed by atoms with E-state index >= 15 is 0 Å². The van der Waals surface area contributed by atoms with Crippen molar-refractivity contribution < 1.29 is 15.0 Å². The van der Waals surface area contributed by atoms with Gasteiger partial charge in [0.05, 0.1) is 5.56 Å². The van der Waals surface area contributed by atoms with Crippen LogP contribution >= 0.6 is 0 Å². The largest absolute Gasteiger partial charge is 0.508 e. The van der Waals surface area contributed by atoms with Gasteiger partial charge >= 0.3 is 0 Å². The Labute approximate surface area is 129 Å². The first-order valence-electron chi connectivity index (χ1n) is 7.40. The summed E-state index contributed by atoms with van der Waals surface area (Å²) in [5, 5.41) is 20.3. The number of nitrogens with zero attached hydrogens (tertiary/aromatic N) is 1. The zero-order valence-corrected chi connectivity index (χ0v) is 12.7. The van der Waals surface area contributed by atoms with E-state index in [0.717, 1.165) is 11.1 Å². The summed E-state index contributed by atoms with van der Waals surface area (Å²) >= 11 is 0. The Kier molecular flexibility index (Phi) is 3.53. The minimum absolute atomic E-state index is 0.0220. The molecule has 4 heteroatoms. The van der Waals surface area contributed by atoms with E-state index in [-0.39, 0.29) is 28.9 Å². The molecule has 0 bridgehead atoms. The third kappa shape index (κ3) is 2.30. The molecule has 1 aliphatic heterocycles. The van der Waals surface area contributed by atoms with Gasteiger partial charge in [0, 0.05) is 18.7 Å². The van der Waals surface area contributed by atoms with Crippen molar-refractivity contribution in [3.8, 4) is 11.5 Å². The molecule has 2 aromatic rings. The highest BCUT2D eigenvalue weighted by Crippen LogP contribution is 2.37. The summed E-state index contributed by atoms with van der Waals surface area (Å²) in [6, 6.07) is 10.9. The van der Waals surface area contributed by atoms with Crippen LogP contribution in [0, 0.1) is 0 Å². The molecular weight excluding hydrogens is 278 g/mol. The van der Waals surface area contributed by atoms with Gasteiger partial charge in [-0.1, -0.05) is 38.1 Å². The van der Waals surface area contributed by atoms with Crippen molar-refractivity contribution in [3.63, 3.8) is 0 Å². The quantitative estimate of drug-likeness (QED) is 0.893. The average molecular weight is 297 g/mol. The van der Waals surface area contributed by atoms with Gasteiger partial charge in [-0.2, -0.15) is 0 Å². The Morgan fingerprint density at radius 3 is 2.18 bits per heavy atom. The normalized spacial score (nSPS) is 13.5. The first-order valence-corrected chi connectivity index (χ1v) is 7.40. The van der Waals surface area contributed by atoms with Crippen LogP contribution in [0.2, 0.25) is 0 Å². The van der Waals surface area contributed by atoms with Crippen molar-refractivity contribution in [2.45, 2.75) is 32.9 Å². The van der Waals surface area contributed by atoms with Crippen molar-refractivity contribution in [2.24, 2.45) is 0 Å². The number of hydrogen-bond donors (Lipinski definition) is 2. The number of rotatable bonds is 2. The highest BCUT2D eigenvalue weighted by molar-refractivity contribution is 5.98. The highest BCUT2D eigenvalue weighted by Gasteiger charge is 2.27. The predicted molar refractivity (Wildman–Crippen MR) is 83.9 cm³/mol. The molecule has 0 aromatic heterocycles. The number of benzene rings is 2. The van der Waals surface area contributed by atoms with Gasteiger partial charge in [0.1, 0.15) is 11.5 Å². The van der Waals surface area contributed by atoms with Gasteiger partial charge in [-0.3, -0.25) is 4.79 Å². The Balaban J connectivity index is 1.93. The molecule has 1 amide bonds. The first-order chi connectivity index (χ1) is 10.5. The molecule has 0 unspecified atom stereocenters. The van der Waals surface area contributed by atoms with E-state index in [1.54, 1.807) is 4.90 Å². The van der Waals surface area contributed by atoms with E-state index in [9.17, 15) is 15.0 Å². The summed E-state index contributed by atoms with van der Waals surface area (Å²) in [5.41, 5.74) is 2.94. The Hall–Kier alpha value is -2.49. The zero-order valence-electron chi connectivity index (χ0n) is 12.7. The highest BCUT2D eigenvalue weighted by atomic mass is 16.3. The maximum absolute atomic E-state index is 12.7. The molecule has 0 radical (unpaired) electrons. The summed E-state index contributed by atoms with van der Waals surface area (Å²) in [7, 11) is 0. The maximum Gasteiger partial charge on any atom is 0.258 e. The number of aromatic hydroxyl groups is 2. The molecule has 1 aliphatic rings. The van der Waals surface area contributed by atoms with Gasteiger partial charge in [-0.15, -0.1) is 0 Å². The molecule has 3 rings (SSSR count). The molecule has 0 aliphatic carbocycles. The van der Waals surface area contributed by atoms with E-state index in [1.165, 1.54) is 12.1 Å². The lowest BCUT2D eigenvalue weighted by molar-refractivity contribution is 0.0748. The van der Waals surface area contributed by atoms with E-state index in [4.69, 9.17) is 0 Å². The van der Waals surface area contributed by atoms with Crippen LogP contribution in [0.25, 0.3) is 0 Å². The third-order valence-electron chi connectivity index (χ3n) is 4.13. The number of fused-ring (bicyclic) bond motifs is 1. The lowest BCUT2D eigenvalue weighted by Crippen LogP contribution is -2.25. The summed E-state index contributed by atoms with van der Waals surface area (Å²) in [6.07, 6.45) is 0. The number of phenols is 2. The first kappa shape index (κ1) is 14.4. The minimum Gasteiger partial charge on any atom is -0.508 e. The Morgan fingerprint density at radius 1 is 1.05 bits per heavy atom. The second-order valence-electron chi connectivity index (χ2n) is 5.98. The van der Waals surface area contributed by atoms with Crippen LogP contribution in [0.15, 0.2) is 36.4 Å². The summed E-state index contributed by atoms with van der Waals surface area (Å²) in [4.78, 5) is 14.4. The number of carbonyl (C=O) groups excluding carboxylic acids is 1. The molecule has 1 heterocycles. The molecule has 0 saturated heterocycles. The van der Waals surface area contributed by atoms with E-state index in [2.05, 4.69) is 0 Å². The SMILES string of the molecule is CC(C)c1c(O)ccc(C(=O)N2Cc3ccccc3C2)c1O. The second kappa shape index (κ2) is 5.37. The van der Waals surface area contributed by atoms with Crippen LogP contribution in [0.4, 0.5) is 0 Å². The average Bonchev–Trinajstić information content (AvgIpc) is 2.90. The molecule has 4 nitrogen and oxygen atoms in total. The molecule has 22 heavy (non-hydrogen) atoms. The van der Waals surface area contributed by atoms with E-state index in [1.807, 2.05) is 38.1 Å². The van der Waals surface area contributed by atoms with E-state index < -0.39 is 0 Å². The smallest absolute Gasteiger partial charge is 0.258 e. The molecule has 0 fully saturated rings. The third-order valence-corrected chi connectivity index (χ3v) is 4.13. The van der Waals surface area contributed by atoms with Gasteiger partial charge in [0.15, 0.2) is 0 Å². The van der Waals surface area contributed by atoms with Gasteiger partial charge in [-0.25, -0.2) is 0 Å². The van der Waals surface area contributed by atoms with Gasteiger partial charge in [0.25, 0.3) is 5.91 Å². The standard InChI is InChI=1S/C18H19NO3/c1-11(2)16-15(20)8-7-14(17(16)21)18(22)19-9-12-5-3-4-6-13(12)10-19/h3-8,11,20-21H,9-10H2,1-2H3. The lowest BCUT2D eigenvalue weighted by atomic mass is 9.97. The van der Waals surface area contributed by atoms with Crippen molar-refractivity contribution in [3.05, 3.63) is 58.7 Å². The molecule has 114 valence electrons. The number of phenolic OH excluding ortho intramolecular Hbond substituents is 2. The Morgan fingerprint density at radius 2 is 1.64 bits per heavy atom. The van der Waals surface area contributed by atoms with Crippen LogP contribution in [0.1, 0.15) is 46.8 Å². The Bertz CT molecular complexity index is 712. The van der Waals surface area contributed by atoms with Gasteiger partial charge in [0.2, 0.25) is 0 Å². The van der Waals surface area contributed by atoms with E-state index in [0.29, 0.717) is 18.7 Å². The molecule has 2 N–H and O–H groups in total. The number of hydrogen-bond acceptors (Lipinski definition) is 3. The fourth-order valence-electron chi connectivity index (χ4n) is 2.99. The maximum atomic E-state index is 12.7. The zero-order chi connectivity index (χ0) is 15.9. The van der Waals surface area contributed by atoms with Gasteiger partial charge in [-0.05, 0) is 29.2 Å². The van der Waals surface area contributed by atoms with Crippen LogP contribution in [-0.2, 0) is 13.1 Å². The summed E-state index contributed by atoms with van der Waals surface area (Å²) < 4.78 is 0. The fourth-order valence-corrected chi connectivity index (χ4v) is 2.99. The van der Waals surface area contributed by atoms with Crippen LogP contribution in [-0.4, -0.2) is 21.0 Å². The molecule has 2 aromatic carbocycles. The van der Waals surface area contributed by atoms with Crippen LogP contribution in [0.5, 0.6) is 11.5 Å². The monoisotopic (exact) mass is 297 g/mol. The molecular formula is C18H19NO3. The van der Waals surface area contributed by atoms with Crippen LogP contribution in [0.3, 0.4) is 0 Å². The van der Waals surface area contributed by atoms with Crippen molar-refractivity contribution >= 4 is 5.91 Å². The van der Waals surface area contributed by atoms with Crippen molar-refractivity contribution in [2.75, 3.05) is 0 Å². The summed E-state index contributed by atoms with van der Waals surface area (Å²) in [6.45, 7) is 4.84. The van der Waals surface area contributed by atoms with Crippen LogP contribution < -0.4 is 0 Å². The molecule has 0 atom stereocenters. The summed E-state index contributed by atoms with van der Waals surface area (Å²) in [5.74, 6) is -0.371. The molecule has 0 saturated carbocycles. The minimum atomic E-state index is -0.212. The lowest BCUT2D eigenvalue weighted by Gasteiger charge is -2.19. The second-order valence-corrected chi connectivity index (χ2v) is 5.98. The number of amides is 1. The topological polar surface area (TPSA) is 60.8 Å². The fraction of sp³-hybridized carbons (Fsp3) is 0.278. The predicted octanol–water partition coefficient (Wildman–Crippen LogP) is 3.38. The van der Waals surface area contributed by atoms with Crippen molar-refractivity contribution in [1.29, 1.82) is 0 Å². The van der Waals surface area contributed by atoms with Crippen molar-refractivity contribution in [1.82, 2.24) is 4.90 Å². The number of carbonyl (C=O) groups is 1. The van der Waals surface area contributed by atoms with Gasteiger partial charge < -0.3 is 15.1 Å².